The van der Waals surface area contributed by atoms with Gasteiger partial charge in [0.25, 0.3) is 0 Å². The van der Waals surface area contributed by atoms with Gasteiger partial charge in [0.05, 0.1) is 0 Å². The summed E-state index contributed by atoms with van der Waals surface area (Å²) in [6, 6.07) is 4.27. The van der Waals surface area contributed by atoms with Crippen LogP contribution in [0, 0.1) is 0 Å². The molecule has 3 rings (SSSR count). The van der Waals surface area contributed by atoms with Crippen LogP contribution in [0.15, 0.2) is 17.5 Å². The lowest BCUT2D eigenvalue weighted by Gasteiger charge is -2.05. The maximum Gasteiger partial charge on any atom is 0.142 e. The zero-order chi connectivity index (χ0) is 11.7. The van der Waals surface area contributed by atoms with Crippen LogP contribution < -0.4 is 11.1 Å². The van der Waals surface area contributed by atoms with Gasteiger partial charge in [-0.1, -0.05) is 6.07 Å². The zero-order valence-electron chi connectivity index (χ0n) is 9.48. The van der Waals surface area contributed by atoms with E-state index in [0.29, 0.717) is 5.92 Å². The summed E-state index contributed by atoms with van der Waals surface area (Å²) in [5, 5.41) is 6.78. The molecule has 3 nitrogen and oxygen atoms in total. The molecule has 1 aliphatic carbocycles. The second-order valence-electron chi connectivity index (χ2n) is 4.34. The number of hydrogen-bond acceptors (Lipinski definition) is 5. The fourth-order valence-corrected chi connectivity index (χ4v) is 3.49. The van der Waals surface area contributed by atoms with Crippen LogP contribution in [-0.4, -0.2) is 10.9 Å². The van der Waals surface area contributed by atoms with E-state index in [0.717, 1.165) is 18.8 Å². The lowest BCUT2D eigenvalue weighted by atomic mass is 10.2. The molecule has 3 N–H and O–H groups in total. The van der Waals surface area contributed by atoms with Crippen molar-refractivity contribution in [3.8, 4) is 0 Å². The molecule has 0 radical (unpaired) electrons. The monoisotopic (exact) mass is 265 g/mol. The normalized spacial score (nSPS) is 15.1. The highest BCUT2D eigenvalue weighted by Gasteiger charge is 2.30. The first-order valence-electron chi connectivity index (χ1n) is 5.86. The Kier molecular flexibility index (Phi) is 3.03. The number of anilines is 2. The first-order valence-corrected chi connectivity index (χ1v) is 7.51. The second-order valence-corrected chi connectivity index (χ2v) is 6.15. The molecule has 2 heterocycles. The van der Waals surface area contributed by atoms with Crippen molar-refractivity contribution in [1.82, 2.24) is 4.37 Å². The summed E-state index contributed by atoms with van der Waals surface area (Å²) >= 11 is 3.31. The molecule has 17 heavy (non-hydrogen) atoms. The van der Waals surface area contributed by atoms with Gasteiger partial charge in [0.2, 0.25) is 0 Å². The van der Waals surface area contributed by atoms with Gasteiger partial charge in [-0.15, -0.1) is 11.3 Å². The van der Waals surface area contributed by atoms with Crippen molar-refractivity contribution >= 4 is 33.7 Å². The van der Waals surface area contributed by atoms with Gasteiger partial charge in [-0.2, -0.15) is 4.37 Å². The molecule has 0 saturated heterocycles. The number of nitrogens with zero attached hydrogens (tertiary/aromatic N) is 1. The van der Waals surface area contributed by atoms with Crippen LogP contribution in [0.3, 0.4) is 0 Å². The molecule has 0 unspecified atom stereocenters. The zero-order valence-corrected chi connectivity index (χ0v) is 11.1. The molecule has 0 aromatic carbocycles. The van der Waals surface area contributed by atoms with Crippen LogP contribution in [0.5, 0.6) is 0 Å². The van der Waals surface area contributed by atoms with E-state index < -0.39 is 0 Å². The summed E-state index contributed by atoms with van der Waals surface area (Å²) < 4.78 is 4.25. The van der Waals surface area contributed by atoms with Crippen LogP contribution in [0.2, 0.25) is 0 Å². The molecule has 2 aromatic rings. The number of aromatic nitrogens is 1. The molecular formula is C12H15N3S2. The predicted octanol–water partition coefficient (Wildman–Crippen LogP) is 3.32. The molecule has 2 aromatic heterocycles. The highest BCUT2D eigenvalue weighted by molar-refractivity contribution is 7.10. The fourth-order valence-electron chi connectivity index (χ4n) is 1.96. The SMILES string of the molecule is Nc1nsc(NCCc2cccs2)c1C1CC1. The smallest absolute Gasteiger partial charge is 0.142 e. The summed E-state index contributed by atoms with van der Waals surface area (Å²) in [4.78, 5) is 1.42. The van der Waals surface area contributed by atoms with Gasteiger partial charge in [0.1, 0.15) is 10.8 Å². The van der Waals surface area contributed by atoms with E-state index in [1.54, 1.807) is 0 Å². The van der Waals surface area contributed by atoms with Crippen molar-refractivity contribution in [2.24, 2.45) is 0 Å². The van der Waals surface area contributed by atoms with E-state index in [-0.39, 0.29) is 0 Å². The Morgan fingerprint density at radius 3 is 3.06 bits per heavy atom. The maximum absolute atomic E-state index is 5.91. The predicted molar refractivity (Wildman–Crippen MR) is 75.0 cm³/mol. The summed E-state index contributed by atoms with van der Waals surface area (Å²) in [7, 11) is 0. The molecule has 0 amide bonds. The largest absolute Gasteiger partial charge is 0.383 e. The molecule has 1 saturated carbocycles. The Balaban J connectivity index is 1.61. The lowest BCUT2D eigenvalue weighted by molar-refractivity contribution is 1.04. The van der Waals surface area contributed by atoms with Crippen molar-refractivity contribution in [3.63, 3.8) is 0 Å². The average molecular weight is 265 g/mol. The van der Waals surface area contributed by atoms with Gasteiger partial charge in [0.15, 0.2) is 0 Å². The van der Waals surface area contributed by atoms with Crippen LogP contribution in [0.25, 0.3) is 0 Å². The minimum Gasteiger partial charge on any atom is -0.383 e. The van der Waals surface area contributed by atoms with E-state index >= 15 is 0 Å². The Labute approximate surface area is 109 Å². The van der Waals surface area contributed by atoms with Crippen LogP contribution in [0.1, 0.15) is 29.2 Å². The highest BCUT2D eigenvalue weighted by atomic mass is 32.1. The van der Waals surface area contributed by atoms with Crippen molar-refractivity contribution in [2.45, 2.75) is 25.2 Å². The van der Waals surface area contributed by atoms with Crippen molar-refractivity contribution < 1.29 is 0 Å². The van der Waals surface area contributed by atoms with Crippen LogP contribution >= 0.6 is 22.9 Å². The van der Waals surface area contributed by atoms with Crippen molar-refractivity contribution in [2.75, 3.05) is 17.6 Å². The van der Waals surface area contributed by atoms with E-state index in [1.165, 1.54) is 39.8 Å². The molecule has 1 fully saturated rings. The van der Waals surface area contributed by atoms with E-state index in [2.05, 4.69) is 27.2 Å². The van der Waals surface area contributed by atoms with Crippen molar-refractivity contribution in [1.29, 1.82) is 0 Å². The number of nitrogens with one attached hydrogen (secondary N) is 1. The standard InChI is InChI=1S/C12H15N3S2/c13-11-10(8-3-4-8)12(17-15-11)14-6-5-9-2-1-7-16-9/h1-2,7-8,14H,3-6H2,(H2,13,15). The van der Waals surface area contributed by atoms with Crippen LogP contribution in [-0.2, 0) is 6.42 Å². The van der Waals surface area contributed by atoms with E-state index in [1.807, 2.05) is 11.3 Å². The number of nitrogens with two attached hydrogens (primary N) is 1. The third kappa shape index (κ3) is 2.45. The Morgan fingerprint density at radius 2 is 2.35 bits per heavy atom. The van der Waals surface area contributed by atoms with E-state index in [4.69, 9.17) is 5.73 Å². The Hall–Kier alpha value is -1.07. The number of rotatable bonds is 5. The summed E-state index contributed by atoms with van der Waals surface area (Å²) in [5.41, 5.74) is 7.17. The van der Waals surface area contributed by atoms with Gasteiger partial charge in [-0.3, -0.25) is 0 Å². The first kappa shape index (κ1) is 11.0. The van der Waals surface area contributed by atoms with Gasteiger partial charge < -0.3 is 11.1 Å². The molecule has 0 spiro atoms. The molecule has 0 bridgehead atoms. The lowest BCUT2D eigenvalue weighted by Crippen LogP contribution is -2.04. The Bertz CT molecular complexity index is 486. The van der Waals surface area contributed by atoms with E-state index in [9.17, 15) is 0 Å². The quantitative estimate of drug-likeness (QED) is 0.872. The third-order valence-electron chi connectivity index (χ3n) is 2.98. The first-order chi connectivity index (χ1) is 8.34. The number of hydrogen-bond donors (Lipinski definition) is 2. The molecule has 90 valence electrons. The molecule has 1 aliphatic rings. The third-order valence-corrected chi connectivity index (χ3v) is 4.75. The number of nitrogen functional groups attached to an aromatic ring is 1. The van der Waals surface area contributed by atoms with Gasteiger partial charge in [-0.25, -0.2) is 0 Å². The van der Waals surface area contributed by atoms with Gasteiger partial charge in [-0.05, 0) is 48.2 Å². The minimum atomic E-state index is 0.665. The average Bonchev–Trinajstić information content (AvgIpc) is 2.88. The van der Waals surface area contributed by atoms with Crippen molar-refractivity contribution in [3.05, 3.63) is 28.0 Å². The topological polar surface area (TPSA) is 50.9 Å². The second kappa shape index (κ2) is 4.66. The fraction of sp³-hybridized carbons (Fsp3) is 0.417. The molecule has 0 atom stereocenters. The number of thiophene rings is 1. The summed E-state index contributed by atoms with van der Waals surface area (Å²) in [6.45, 7) is 0.960. The van der Waals surface area contributed by atoms with Gasteiger partial charge >= 0.3 is 0 Å². The van der Waals surface area contributed by atoms with Gasteiger partial charge in [0, 0.05) is 17.0 Å². The molecular weight excluding hydrogens is 250 g/mol. The summed E-state index contributed by atoms with van der Waals surface area (Å²) in [5.74, 6) is 1.40. The van der Waals surface area contributed by atoms with Crippen LogP contribution in [0.4, 0.5) is 10.8 Å². The highest BCUT2D eigenvalue weighted by Crippen LogP contribution is 2.47. The molecule has 0 aliphatic heterocycles. The summed E-state index contributed by atoms with van der Waals surface area (Å²) in [6.07, 6.45) is 3.60. The minimum absolute atomic E-state index is 0.665. The Morgan fingerprint density at radius 1 is 1.47 bits per heavy atom. The maximum atomic E-state index is 5.91. The molecule has 5 heteroatoms.